The molecule has 2 amide bonds. The third-order valence-electron chi connectivity index (χ3n) is 4.10. The van der Waals surface area contributed by atoms with E-state index in [1.165, 1.54) is 11.8 Å². The molecular formula is C12H17F3N2O3. The maximum absolute atomic E-state index is 12.4. The first-order valence-corrected chi connectivity index (χ1v) is 6.61. The number of carboxylic acid groups (broad SMARTS) is 1. The van der Waals surface area contributed by atoms with Crippen LogP contribution < -0.4 is 0 Å². The predicted octanol–water partition coefficient (Wildman–Crippen LogP) is 1.93. The molecule has 0 aromatic heterocycles. The Morgan fingerprint density at radius 2 is 2.00 bits per heavy atom. The van der Waals surface area contributed by atoms with Crippen molar-refractivity contribution < 1.29 is 27.9 Å². The summed E-state index contributed by atoms with van der Waals surface area (Å²) in [5, 5.41) is 9.09. The highest BCUT2D eigenvalue weighted by molar-refractivity contribution is 5.79. The smallest absolute Gasteiger partial charge is 0.406 e. The molecule has 2 aliphatic rings. The van der Waals surface area contributed by atoms with Gasteiger partial charge in [0.15, 0.2) is 0 Å². The molecule has 2 rings (SSSR count). The van der Waals surface area contributed by atoms with E-state index < -0.39 is 36.7 Å². The van der Waals surface area contributed by atoms with Gasteiger partial charge in [0, 0.05) is 18.6 Å². The fourth-order valence-corrected chi connectivity index (χ4v) is 3.25. The van der Waals surface area contributed by atoms with Gasteiger partial charge in [0.1, 0.15) is 6.54 Å². The molecule has 8 heteroatoms. The van der Waals surface area contributed by atoms with Crippen molar-refractivity contribution in [2.24, 2.45) is 5.92 Å². The van der Waals surface area contributed by atoms with E-state index in [4.69, 9.17) is 5.11 Å². The number of fused-ring (bicyclic) bond motifs is 2. The number of aliphatic carboxylic acids is 1. The van der Waals surface area contributed by atoms with E-state index >= 15 is 0 Å². The number of alkyl halides is 3. The van der Waals surface area contributed by atoms with E-state index in [0.29, 0.717) is 19.3 Å². The third kappa shape index (κ3) is 2.69. The number of amides is 2. The van der Waals surface area contributed by atoms with Crippen LogP contribution in [0.2, 0.25) is 0 Å². The zero-order valence-electron chi connectivity index (χ0n) is 11.1. The van der Waals surface area contributed by atoms with Crippen LogP contribution in [0.5, 0.6) is 0 Å². The quantitative estimate of drug-likeness (QED) is 0.865. The van der Waals surface area contributed by atoms with Gasteiger partial charge in [-0.15, -0.1) is 0 Å². The van der Waals surface area contributed by atoms with Crippen molar-refractivity contribution in [1.29, 1.82) is 0 Å². The van der Waals surface area contributed by atoms with Gasteiger partial charge in [-0.2, -0.15) is 13.2 Å². The van der Waals surface area contributed by atoms with Crippen molar-refractivity contribution >= 4 is 12.0 Å². The lowest BCUT2D eigenvalue weighted by molar-refractivity contribution is -0.144. The van der Waals surface area contributed by atoms with E-state index in [1.54, 1.807) is 0 Å². The van der Waals surface area contributed by atoms with Gasteiger partial charge in [0.05, 0.1) is 5.92 Å². The second-order valence-corrected chi connectivity index (χ2v) is 5.30. The number of carbonyl (C=O) groups is 2. The van der Waals surface area contributed by atoms with Gasteiger partial charge in [-0.1, -0.05) is 0 Å². The van der Waals surface area contributed by atoms with Gasteiger partial charge < -0.3 is 14.9 Å². The van der Waals surface area contributed by atoms with Crippen LogP contribution in [0.15, 0.2) is 0 Å². The molecule has 1 N–H and O–H groups in total. The molecular weight excluding hydrogens is 277 g/mol. The lowest BCUT2D eigenvalue weighted by Gasteiger charge is -2.31. The monoisotopic (exact) mass is 294 g/mol. The highest BCUT2D eigenvalue weighted by atomic mass is 19.4. The lowest BCUT2D eigenvalue weighted by Crippen LogP contribution is -2.49. The maximum Gasteiger partial charge on any atom is 0.406 e. The fourth-order valence-electron chi connectivity index (χ4n) is 3.25. The summed E-state index contributed by atoms with van der Waals surface area (Å²) in [5.74, 6) is -1.63. The molecule has 0 aliphatic carbocycles. The van der Waals surface area contributed by atoms with Crippen LogP contribution in [0.3, 0.4) is 0 Å². The summed E-state index contributed by atoms with van der Waals surface area (Å²) in [7, 11) is 0. The summed E-state index contributed by atoms with van der Waals surface area (Å²) in [6.45, 7) is 0.137. The summed E-state index contributed by atoms with van der Waals surface area (Å²) in [6.07, 6.45) is -2.88. The number of hydrogen-bond acceptors (Lipinski definition) is 2. The molecule has 3 unspecified atom stereocenters. The van der Waals surface area contributed by atoms with E-state index in [1.807, 2.05) is 0 Å². The van der Waals surface area contributed by atoms with E-state index in [2.05, 4.69) is 0 Å². The first kappa shape index (κ1) is 14.9. The maximum atomic E-state index is 12.4. The summed E-state index contributed by atoms with van der Waals surface area (Å²) in [4.78, 5) is 25.4. The number of carbonyl (C=O) groups excluding carboxylic acids is 1. The minimum atomic E-state index is -4.45. The molecule has 0 spiro atoms. The first-order valence-electron chi connectivity index (χ1n) is 6.61. The Hall–Kier alpha value is -1.47. The van der Waals surface area contributed by atoms with Gasteiger partial charge >= 0.3 is 18.2 Å². The largest absolute Gasteiger partial charge is 0.481 e. The van der Waals surface area contributed by atoms with Crippen LogP contribution >= 0.6 is 0 Å². The molecule has 20 heavy (non-hydrogen) atoms. The first-order chi connectivity index (χ1) is 9.24. The molecule has 0 aromatic rings. The van der Waals surface area contributed by atoms with Gasteiger partial charge in [-0.25, -0.2) is 4.79 Å². The van der Waals surface area contributed by atoms with Crippen LogP contribution in [0, 0.1) is 5.92 Å². The predicted molar refractivity (Wildman–Crippen MR) is 63.1 cm³/mol. The molecule has 0 aromatic carbocycles. The molecule has 3 atom stereocenters. The number of urea groups is 1. The summed E-state index contributed by atoms with van der Waals surface area (Å²) < 4.78 is 37.3. The van der Waals surface area contributed by atoms with Gasteiger partial charge in [-0.3, -0.25) is 4.79 Å². The Balaban J connectivity index is 2.11. The number of carboxylic acids is 1. The Morgan fingerprint density at radius 1 is 1.35 bits per heavy atom. The van der Waals surface area contributed by atoms with Crippen molar-refractivity contribution in [3.63, 3.8) is 0 Å². The normalized spacial score (nSPS) is 28.8. The summed E-state index contributed by atoms with van der Waals surface area (Å²) >= 11 is 0. The van der Waals surface area contributed by atoms with Crippen LogP contribution in [0.1, 0.15) is 26.2 Å². The highest BCUT2D eigenvalue weighted by Gasteiger charge is 2.52. The molecule has 2 aliphatic heterocycles. The van der Waals surface area contributed by atoms with Crippen LogP contribution in [0.4, 0.5) is 18.0 Å². The minimum absolute atomic E-state index is 0.0496. The molecule has 5 nitrogen and oxygen atoms in total. The van der Waals surface area contributed by atoms with Gasteiger partial charge in [-0.05, 0) is 26.2 Å². The SMILES string of the molecule is CCN(CC(F)(F)F)C(=O)N1C2CCC1C(C(=O)O)C2. The van der Waals surface area contributed by atoms with Gasteiger partial charge in [0.2, 0.25) is 0 Å². The average molecular weight is 294 g/mol. The van der Waals surface area contributed by atoms with Crippen LogP contribution in [-0.2, 0) is 4.79 Å². The van der Waals surface area contributed by atoms with E-state index in [9.17, 15) is 22.8 Å². The zero-order valence-corrected chi connectivity index (χ0v) is 11.1. The fraction of sp³-hybridized carbons (Fsp3) is 0.833. The molecule has 2 bridgehead atoms. The van der Waals surface area contributed by atoms with Gasteiger partial charge in [0.25, 0.3) is 0 Å². The lowest BCUT2D eigenvalue weighted by atomic mass is 9.89. The second-order valence-electron chi connectivity index (χ2n) is 5.30. The summed E-state index contributed by atoms with van der Waals surface area (Å²) in [5.41, 5.74) is 0. The Kier molecular flexibility index (Phi) is 3.84. The highest BCUT2D eigenvalue weighted by Crippen LogP contribution is 2.42. The Labute approximate surface area is 114 Å². The zero-order chi connectivity index (χ0) is 15.1. The second kappa shape index (κ2) is 5.14. The molecule has 114 valence electrons. The standard InChI is InChI=1S/C12H17F3N2O3/c1-2-16(6-12(13,14)15)11(20)17-7-3-4-9(17)8(5-7)10(18)19/h7-9H,2-6H2,1H3,(H,18,19). The van der Waals surface area contributed by atoms with Crippen molar-refractivity contribution in [1.82, 2.24) is 9.80 Å². The van der Waals surface area contributed by atoms with Crippen molar-refractivity contribution in [3.8, 4) is 0 Å². The number of rotatable bonds is 3. The van der Waals surface area contributed by atoms with Crippen LogP contribution in [0.25, 0.3) is 0 Å². The van der Waals surface area contributed by atoms with Crippen molar-refractivity contribution in [2.45, 2.75) is 44.4 Å². The molecule has 2 saturated heterocycles. The molecule has 0 radical (unpaired) electrons. The minimum Gasteiger partial charge on any atom is -0.481 e. The van der Waals surface area contributed by atoms with Crippen LogP contribution in [-0.4, -0.2) is 58.3 Å². The Morgan fingerprint density at radius 3 is 2.45 bits per heavy atom. The summed E-state index contributed by atoms with van der Waals surface area (Å²) in [6, 6.07) is -1.40. The molecule has 2 fully saturated rings. The Bertz CT molecular complexity index is 413. The molecule has 2 heterocycles. The molecule has 0 saturated carbocycles. The topological polar surface area (TPSA) is 60.9 Å². The third-order valence-corrected chi connectivity index (χ3v) is 4.10. The number of halogens is 3. The number of hydrogen-bond donors (Lipinski definition) is 1. The number of nitrogens with zero attached hydrogens (tertiary/aromatic N) is 2. The average Bonchev–Trinajstić information content (AvgIpc) is 2.91. The van der Waals surface area contributed by atoms with E-state index in [-0.39, 0.29) is 12.6 Å². The van der Waals surface area contributed by atoms with E-state index in [0.717, 1.165) is 4.90 Å². The van der Waals surface area contributed by atoms with Crippen molar-refractivity contribution in [3.05, 3.63) is 0 Å². The van der Waals surface area contributed by atoms with Crippen molar-refractivity contribution in [2.75, 3.05) is 13.1 Å².